The summed E-state index contributed by atoms with van der Waals surface area (Å²) in [6, 6.07) is 0. The Bertz CT molecular complexity index is 297. The molecule has 0 aromatic carbocycles. The van der Waals surface area contributed by atoms with Gasteiger partial charge < -0.3 is 4.90 Å². The van der Waals surface area contributed by atoms with Crippen molar-refractivity contribution in [3.05, 3.63) is 0 Å². The number of hydrogen-bond acceptors (Lipinski definition) is 1. The van der Waals surface area contributed by atoms with E-state index in [1.54, 1.807) is 0 Å². The minimum Gasteiger partial charge on any atom is -0.342 e. The first kappa shape index (κ1) is 13.7. The molecule has 0 bridgehead atoms. The number of amides is 1. The van der Waals surface area contributed by atoms with Crippen molar-refractivity contribution < 1.29 is 18.0 Å². The number of rotatable bonds is 1. The van der Waals surface area contributed by atoms with Crippen molar-refractivity contribution in [2.75, 3.05) is 13.1 Å². The molecule has 1 aliphatic heterocycles. The van der Waals surface area contributed by atoms with Gasteiger partial charge in [-0.15, -0.1) is 0 Å². The van der Waals surface area contributed by atoms with Crippen LogP contribution in [0.1, 0.15) is 44.9 Å². The zero-order valence-corrected chi connectivity index (χ0v) is 10.5. The largest absolute Gasteiger partial charge is 0.393 e. The Morgan fingerprint density at radius 1 is 1.00 bits per heavy atom. The van der Waals surface area contributed by atoms with Gasteiger partial charge in [0.1, 0.15) is 0 Å². The van der Waals surface area contributed by atoms with Gasteiger partial charge in [0.2, 0.25) is 5.91 Å². The number of likely N-dealkylation sites (tertiary alicyclic amines) is 1. The summed E-state index contributed by atoms with van der Waals surface area (Å²) in [4.78, 5) is 13.6. The van der Waals surface area contributed by atoms with Crippen LogP contribution in [0.5, 0.6) is 0 Å². The predicted octanol–water partition coefficient (Wildman–Crippen LogP) is 3.37. The predicted molar refractivity (Wildman–Crippen MR) is 61.9 cm³/mol. The first-order valence-electron chi connectivity index (χ1n) is 6.84. The number of alkyl halides is 3. The molecule has 2 nitrogen and oxygen atoms in total. The molecular formula is C13H20F3NO. The first-order valence-corrected chi connectivity index (χ1v) is 6.84. The Labute approximate surface area is 106 Å². The van der Waals surface area contributed by atoms with Crippen LogP contribution in [0.25, 0.3) is 0 Å². The van der Waals surface area contributed by atoms with Crippen LogP contribution in [-0.4, -0.2) is 30.1 Å². The summed E-state index contributed by atoms with van der Waals surface area (Å²) in [6.07, 6.45) is 1.40. The number of hydrogen-bond donors (Lipinski definition) is 0. The summed E-state index contributed by atoms with van der Waals surface area (Å²) in [6.45, 7) is 0.376. The van der Waals surface area contributed by atoms with Crippen LogP contribution in [0.4, 0.5) is 13.2 Å². The highest BCUT2D eigenvalue weighted by Crippen LogP contribution is 2.34. The molecule has 0 N–H and O–H groups in total. The minimum atomic E-state index is -4.16. The van der Waals surface area contributed by atoms with Gasteiger partial charge in [0, 0.05) is 19.0 Å². The van der Waals surface area contributed by atoms with Crippen LogP contribution >= 0.6 is 0 Å². The Hall–Kier alpha value is -0.740. The van der Waals surface area contributed by atoms with E-state index in [2.05, 4.69) is 0 Å². The average Bonchev–Trinajstić information content (AvgIpc) is 2.38. The third-order valence-corrected chi connectivity index (χ3v) is 4.15. The summed E-state index contributed by atoms with van der Waals surface area (Å²) in [5, 5.41) is 0. The molecule has 1 saturated heterocycles. The second-order valence-corrected chi connectivity index (χ2v) is 5.50. The number of piperidine rings is 1. The van der Waals surface area contributed by atoms with E-state index in [-0.39, 0.29) is 24.8 Å². The Balaban J connectivity index is 1.93. The molecule has 0 aromatic rings. The topological polar surface area (TPSA) is 20.3 Å². The van der Waals surface area contributed by atoms with E-state index in [0.29, 0.717) is 13.0 Å². The molecule has 1 aliphatic carbocycles. The highest BCUT2D eigenvalue weighted by Gasteiger charge is 2.43. The zero-order valence-electron chi connectivity index (χ0n) is 10.5. The lowest BCUT2D eigenvalue weighted by Crippen LogP contribution is -2.47. The second-order valence-electron chi connectivity index (χ2n) is 5.50. The third-order valence-electron chi connectivity index (χ3n) is 4.15. The van der Waals surface area contributed by atoms with Crippen molar-refractivity contribution in [1.29, 1.82) is 0 Å². The standard InChI is InChI=1S/C13H20F3NO/c14-13(15,16)11-7-4-8-17(9-11)12(18)10-5-2-1-3-6-10/h10-11H,1-9H2/t11-/m0/s1. The monoisotopic (exact) mass is 263 g/mol. The number of carbonyl (C=O) groups excluding carboxylic acids is 1. The summed E-state index contributed by atoms with van der Waals surface area (Å²) in [5.41, 5.74) is 0. The van der Waals surface area contributed by atoms with Crippen molar-refractivity contribution in [2.24, 2.45) is 11.8 Å². The van der Waals surface area contributed by atoms with Crippen LogP contribution < -0.4 is 0 Å². The van der Waals surface area contributed by atoms with Gasteiger partial charge in [0.05, 0.1) is 5.92 Å². The van der Waals surface area contributed by atoms with E-state index in [1.165, 1.54) is 4.90 Å². The molecule has 5 heteroatoms. The number of carbonyl (C=O) groups is 1. The lowest BCUT2D eigenvalue weighted by Gasteiger charge is -2.36. The molecule has 1 heterocycles. The molecule has 0 spiro atoms. The fourth-order valence-corrected chi connectivity index (χ4v) is 3.05. The smallest absolute Gasteiger partial charge is 0.342 e. The van der Waals surface area contributed by atoms with Gasteiger partial charge in [0.25, 0.3) is 0 Å². The molecule has 2 rings (SSSR count). The SMILES string of the molecule is O=C(C1CCCCC1)N1CCC[C@H](C(F)(F)F)C1. The molecule has 104 valence electrons. The van der Waals surface area contributed by atoms with Gasteiger partial charge in [0.15, 0.2) is 0 Å². The molecule has 0 aromatic heterocycles. The van der Waals surface area contributed by atoms with E-state index < -0.39 is 12.1 Å². The van der Waals surface area contributed by atoms with Gasteiger partial charge in [-0.25, -0.2) is 0 Å². The van der Waals surface area contributed by atoms with E-state index in [9.17, 15) is 18.0 Å². The number of halogens is 3. The van der Waals surface area contributed by atoms with Crippen molar-refractivity contribution in [1.82, 2.24) is 4.90 Å². The quantitative estimate of drug-likeness (QED) is 0.710. The summed E-state index contributed by atoms with van der Waals surface area (Å²) in [7, 11) is 0. The molecule has 18 heavy (non-hydrogen) atoms. The van der Waals surface area contributed by atoms with Crippen LogP contribution in [0, 0.1) is 11.8 Å². The van der Waals surface area contributed by atoms with Crippen LogP contribution in [0.15, 0.2) is 0 Å². The van der Waals surface area contributed by atoms with E-state index in [1.807, 2.05) is 0 Å². The van der Waals surface area contributed by atoms with E-state index >= 15 is 0 Å². The normalized spacial score (nSPS) is 27.3. The van der Waals surface area contributed by atoms with Gasteiger partial charge in [-0.05, 0) is 25.7 Å². The maximum Gasteiger partial charge on any atom is 0.393 e. The molecule has 2 fully saturated rings. The van der Waals surface area contributed by atoms with Crippen molar-refractivity contribution in [3.8, 4) is 0 Å². The van der Waals surface area contributed by atoms with Crippen molar-refractivity contribution in [2.45, 2.75) is 51.1 Å². The summed E-state index contributed by atoms with van der Waals surface area (Å²) < 4.78 is 38.0. The lowest BCUT2D eigenvalue weighted by molar-refractivity contribution is -0.188. The van der Waals surface area contributed by atoms with Gasteiger partial charge in [-0.3, -0.25) is 4.79 Å². The van der Waals surface area contributed by atoms with E-state index in [0.717, 1.165) is 32.1 Å². The van der Waals surface area contributed by atoms with Crippen LogP contribution in [-0.2, 0) is 4.79 Å². The average molecular weight is 263 g/mol. The Kier molecular flexibility index (Phi) is 4.17. The van der Waals surface area contributed by atoms with Crippen LogP contribution in [0.2, 0.25) is 0 Å². The molecular weight excluding hydrogens is 243 g/mol. The van der Waals surface area contributed by atoms with Gasteiger partial charge in [-0.1, -0.05) is 19.3 Å². The molecule has 1 amide bonds. The van der Waals surface area contributed by atoms with Crippen molar-refractivity contribution >= 4 is 5.91 Å². The fourth-order valence-electron chi connectivity index (χ4n) is 3.05. The summed E-state index contributed by atoms with van der Waals surface area (Å²) >= 11 is 0. The molecule has 1 atom stereocenters. The molecule has 1 saturated carbocycles. The summed E-state index contributed by atoms with van der Waals surface area (Å²) in [5.74, 6) is -1.38. The Morgan fingerprint density at radius 3 is 2.28 bits per heavy atom. The number of nitrogens with zero attached hydrogens (tertiary/aromatic N) is 1. The highest BCUT2D eigenvalue weighted by molar-refractivity contribution is 5.79. The first-order chi connectivity index (χ1) is 8.48. The lowest BCUT2D eigenvalue weighted by atomic mass is 9.87. The van der Waals surface area contributed by atoms with Gasteiger partial charge in [-0.2, -0.15) is 13.2 Å². The van der Waals surface area contributed by atoms with Crippen LogP contribution in [0.3, 0.4) is 0 Å². The molecule has 2 aliphatic rings. The maximum atomic E-state index is 12.7. The van der Waals surface area contributed by atoms with Crippen molar-refractivity contribution in [3.63, 3.8) is 0 Å². The molecule has 0 radical (unpaired) electrons. The van der Waals surface area contributed by atoms with Gasteiger partial charge >= 0.3 is 6.18 Å². The Morgan fingerprint density at radius 2 is 1.67 bits per heavy atom. The maximum absolute atomic E-state index is 12.7. The molecule has 0 unspecified atom stereocenters. The third kappa shape index (κ3) is 3.18. The zero-order chi connectivity index (χ0) is 13.2. The van der Waals surface area contributed by atoms with E-state index in [4.69, 9.17) is 0 Å². The fraction of sp³-hybridized carbons (Fsp3) is 0.923. The second kappa shape index (κ2) is 5.49. The minimum absolute atomic E-state index is 0.0225. The highest BCUT2D eigenvalue weighted by atomic mass is 19.4.